The third kappa shape index (κ3) is 5.42. The van der Waals surface area contributed by atoms with Crippen molar-refractivity contribution in [2.24, 2.45) is 10.7 Å². The van der Waals surface area contributed by atoms with E-state index in [1.54, 1.807) is 6.26 Å². The van der Waals surface area contributed by atoms with Gasteiger partial charge in [-0.25, -0.2) is 14.4 Å². The molecule has 132 valence electrons. The molecule has 7 nitrogen and oxygen atoms in total. The maximum Gasteiger partial charge on any atom is 0.275 e. The number of amides is 1. The van der Waals surface area contributed by atoms with Crippen LogP contribution in [-0.2, 0) is 6.54 Å². The maximum absolute atomic E-state index is 13.8. The Morgan fingerprint density at radius 1 is 1.40 bits per heavy atom. The van der Waals surface area contributed by atoms with Crippen molar-refractivity contribution in [1.82, 2.24) is 9.97 Å². The lowest BCUT2D eigenvalue weighted by Gasteiger charge is -2.08. The number of amidine groups is 1. The number of nitrogens with two attached hydrogens (primary N) is 1. The number of carbonyl (C=O) groups is 1. The molecule has 0 fully saturated rings. The molecule has 0 bridgehead atoms. The molecule has 0 aliphatic carbocycles. The molecule has 0 atom stereocenters. The molecule has 2 rings (SSSR count). The molecule has 0 radical (unpaired) electrons. The Bertz CT molecular complexity index is 768. The SMILES string of the molecule is CCOc1cnc(C(=O)Nc2ccc(F)c(C/N=C(/N)SC)c2)cn1. The number of nitrogens with one attached hydrogen (secondary N) is 1. The highest BCUT2D eigenvalue weighted by Gasteiger charge is 2.11. The molecule has 0 saturated carbocycles. The predicted octanol–water partition coefficient (Wildman–Crippen LogP) is 2.44. The number of anilines is 1. The number of rotatable bonds is 6. The molecule has 1 aromatic heterocycles. The first kappa shape index (κ1) is 18.7. The number of hydrogen-bond donors (Lipinski definition) is 2. The molecular formula is C16H18FN5O2S. The third-order valence-corrected chi connectivity index (χ3v) is 3.62. The average Bonchev–Trinajstić information content (AvgIpc) is 2.62. The summed E-state index contributed by atoms with van der Waals surface area (Å²) in [4.78, 5) is 24.2. The summed E-state index contributed by atoms with van der Waals surface area (Å²) in [5.41, 5.74) is 6.47. The number of benzene rings is 1. The van der Waals surface area contributed by atoms with Gasteiger partial charge in [0, 0.05) is 11.3 Å². The van der Waals surface area contributed by atoms with Gasteiger partial charge in [-0.1, -0.05) is 11.8 Å². The number of carbonyl (C=O) groups excluding carboxylic acids is 1. The van der Waals surface area contributed by atoms with Crippen molar-refractivity contribution in [2.75, 3.05) is 18.2 Å². The van der Waals surface area contributed by atoms with Crippen LogP contribution in [0.15, 0.2) is 35.6 Å². The van der Waals surface area contributed by atoms with Crippen molar-refractivity contribution in [1.29, 1.82) is 0 Å². The van der Waals surface area contributed by atoms with Gasteiger partial charge in [-0.15, -0.1) is 0 Å². The lowest BCUT2D eigenvalue weighted by Crippen LogP contribution is -2.14. The van der Waals surface area contributed by atoms with Gasteiger partial charge in [-0.2, -0.15) is 0 Å². The molecule has 0 saturated heterocycles. The number of thioether (sulfide) groups is 1. The van der Waals surface area contributed by atoms with Crippen LogP contribution in [0.5, 0.6) is 5.88 Å². The second-order valence-electron chi connectivity index (χ2n) is 4.79. The van der Waals surface area contributed by atoms with Gasteiger partial charge in [-0.05, 0) is 31.4 Å². The fraction of sp³-hybridized carbons (Fsp3) is 0.250. The summed E-state index contributed by atoms with van der Waals surface area (Å²) < 4.78 is 19.0. The molecular weight excluding hydrogens is 345 g/mol. The minimum Gasteiger partial charge on any atom is -0.477 e. The third-order valence-electron chi connectivity index (χ3n) is 3.07. The number of aliphatic imine (C=N–C) groups is 1. The zero-order valence-corrected chi connectivity index (χ0v) is 14.6. The van der Waals surface area contributed by atoms with Crippen molar-refractivity contribution in [3.63, 3.8) is 0 Å². The summed E-state index contributed by atoms with van der Waals surface area (Å²) in [7, 11) is 0. The van der Waals surface area contributed by atoms with Gasteiger partial charge in [0.1, 0.15) is 11.5 Å². The fourth-order valence-corrected chi connectivity index (χ4v) is 2.05. The zero-order valence-electron chi connectivity index (χ0n) is 13.8. The van der Waals surface area contributed by atoms with Crippen LogP contribution >= 0.6 is 11.8 Å². The molecule has 1 heterocycles. The second-order valence-corrected chi connectivity index (χ2v) is 5.62. The molecule has 3 N–H and O–H groups in total. The van der Waals surface area contributed by atoms with Crippen molar-refractivity contribution < 1.29 is 13.9 Å². The molecule has 0 unspecified atom stereocenters. The van der Waals surface area contributed by atoms with Crippen LogP contribution < -0.4 is 15.8 Å². The molecule has 25 heavy (non-hydrogen) atoms. The fourth-order valence-electron chi connectivity index (χ4n) is 1.85. The van der Waals surface area contributed by atoms with Gasteiger partial charge < -0.3 is 15.8 Å². The van der Waals surface area contributed by atoms with Crippen LogP contribution in [0.2, 0.25) is 0 Å². The highest BCUT2D eigenvalue weighted by Crippen LogP contribution is 2.17. The number of ether oxygens (including phenoxy) is 1. The summed E-state index contributed by atoms with van der Waals surface area (Å²) in [5.74, 6) is -0.538. The van der Waals surface area contributed by atoms with Gasteiger partial charge in [-0.3, -0.25) is 9.79 Å². The summed E-state index contributed by atoms with van der Waals surface area (Å²) >= 11 is 1.28. The van der Waals surface area contributed by atoms with E-state index in [9.17, 15) is 9.18 Å². The Morgan fingerprint density at radius 3 is 2.84 bits per heavy atom. The van der Waals surface area contributed by atoms with Crippen LogP contribution in [0.4, 0.5) is 10.1 Å². The Kier molecular flexibility index (Phi) is 6.70. The van der Waals surface area contributed by atoms with E-state index in [-0.39, 0.29) is 12.2 Å². The molecule has 0 aliphatic rings. The quantitative estimate of drug-likeness (QED) is 0.604. The van der Waals surface area contributed by atoms with E-state index in [1.165, 1.54) is 42.4 Å². The van der Waals surface area contributed by atoms with Crippen LogP contribution in [0.25, 0.3) is 0 Å². The van der Waals surface area contributed by atoms with E-state index in [0.29, 0.717) is 28.9 Å². The molecule has 0 spiro atoms. The molecule has 1 aromatic carbocycles. The van der Waals surface area contributed by atoms with E-state index < -0.39 is 11.7 Å². The molecule has 9 heteroatoms. The first-order chi connectivity index (χ1) is 12.0. The highest BCUT2D eigenvalue weighted by molar-refractivity contribution is 8.13. The van der Waals surface area contributed by atoms with Gasteiger partial charge in [0.25, 0.3) is 5.91 Å². The minimum absolute atomic E-state index is 0.0884. The van der Waals surface area contributed by atoms with E-state index in [0.717, 1.165) is 0 Å². The topological polar surface area (TPSA) is 102 Å². The minimum atomic E-state index is -0.458. The Labute approximate surface area is 148 Å². The first-order valence-electron chi connectivity index (χ1n) is 7.42. The first-order valence-corrected chi connectivity index (χ1v) is 8.64. The monoisotopic (exact) mass is 363 g/mol. The molecule has 1 amide bonds. The van der Waals surface area contributed by atoms with Crippen LogP contribution in [-0.4, -0.2) is 33.9 Å². The van der Waals surface area contributed by atoms with Crippen LogP contribution in [0, 0.1) is 5.82 Å². The van der Waals surface area contributed by atoms with Gasteiger partial charge >= 0.3 is 0 Å². The number of hydrogen-bond acceptors (Lipinski definition) is 6. The summed E-state index contributed by atoms with van der Waals surface area (Å²) in [6, 6.07) is 4.23. The average molecular weight is 363 g/mol. The Hall–Kier alpha value is -2.68. The van der Waals surface area contributed by atoms with Gasteiger partial charge in [0.15, 0.2) is 5.17 Å². The standard InChI is InChI=1S/C16H18FN5O2S/c1-3-24-14-9-19-13(8-20-14)15(23)22-11-4-5-12(17)10(6-11)7-21-16(18)25-2/h4-6,8-9H,3,7H2,1-2H3,(H2,18,21)(H,22,23). The number of halogens is 1. The summed E-state index contributed by atoms with van der Waals surface area (Å²) in [5, 5.41) is 3.00. The summed E-state index contributed by atoms with van der Waals surface area (Å²) in [6.45, 7) is 2.37. The van der Waals surface area contributed by atoms with Gasteiger partial charge in [0.2, 0.25) is 5.88 Å². The smallest absolute Gasteiger partial charge is 0.275 e. The lowest BCUT2D eigenvalue weighted by atomic mass is 10.2. The van der Waals surface area contributed by atoms with E-state index >= 15 is 0 Å². The lowest BCUT2D eigenvalue weighted by molar-refractivity contribution is 0.102. The van der Waals surface area contributed by atoms with E-state index in [2.05, 4.69) is 20.3 Å². The van der Waals surface area contributed by atoms with Crippen molar-refractivity contribution in [3.05, 3.63) is 47.7 Å². The predicted molar refractivity (Wildman–Crippen MR) is 96.4 cm³/mol. The summed E-state index contributed by atoms with van der Waals surface area (Å²) in [6.07, 6.45) is 4.46. The Balaban J connectivity index is 2.10. The van der Waals surface area contributed by atoms with Crippen molar-refractivity contribution >= 4 is 28.5 Å². The van der Waals surface area contributed by atoms with E-state index in [1.807, 2.05) is 6.92 Å². The molecule has 2 aromatic rings. The normalized spacial score (nSPS) is 11.2. The van der Waals surface area contributed by atoms with E-state index in [4.69, 9.17) is 10.5 Å². The number of nitrogens with zero attached hydrogens (tertiary/aromatic N) is 3. The van der Waals surface area contributed by atoms with Crippen molar-refractivity contribution in [2.45, 2.75) is 13.5 Å². The molecule has 0 aliphatic heterocycles. The second kappa shape index (κ2) is 8.97. The largest absolute Gasteiger partial charge is 0.477 e. The van der Waals surface area contributed by atoms with Crippen LogP contribution in [0.1, 0.15) is 23.0 Å². The van der Waals surface area contributed by atoms with Gasteiger partial charge in [0.05, 0.1) is 25.5 Å². The van der Waals surface area contributed by atoms with Crippen molar-refractivity contribution in [3.8, 4) is 5.88 Å². The highest BCUT2D eigenvalue weighted by atomic mass is 32.2. The maximum atomic E-state index is 13.8. The number of aromatic nitrogens is 2. The zero-order chi connectivity index (χ0) is 18.2. The van der Waals surface area contributed by atoms with Crippen LogP contribution in [0.3, 0.4) is 0 Å². The Morgan fingerprint density at radius 2 is 2.20 bits per heavy atom.